The third-order valence-electron chi connectivity index (χ3n) is 3.22. The number of hydrogen-bond acceptors (Lipinski definition) is 3. The topological polar surface area (TPSA) is 44.4 Å². The minimum absolute atomic E-state index is 0. The highest BCUT2D eigenvalue weighted by atomic mass is 35.5. The molecular weight excluding hydrogens is 262 g/mol. The van der Waals surface area contributed by atoms with E-state index in [1.807, 2.05) is 32.3 Å². The standard InChI is InChI=1S/C14H21N3O.ClH/c1-17(2)10-13(11-6-4-3-5-7-11)16-14(18)12-8-15-9-12;/h3-7,12-13,15H,8-10H2,1-2H3,(H,16,18);1H. The van der Waals surface area contributed by atoms with Gasteiger partial charge in [-0.3, -0.25) is 4.79 Å². The van der Waals surface area contributed by atoms with E-state index in [1.54, 1.807) is 0 Å². The fraction of sp³-hybridized carbons (Fsp3) is 0.500. The Kier molecular flexibility index (Phi) is 6.28. The molecule has 4 nitrogen and oxygen atoms in total. The van der Waals surface area contributed by atoms with E-state index in [-0.39, 0.29) is 30.3 Å². The van der Waals surface area contributed by atoms with Gasteiger partial charge in [0.05, 0.1) is 12.0 Å². The molecule has 1 heterocycles. The Morgan fingerprint density at radius 1 is 1.37 bits per heavy atom. The summed E-state index contributed by atoms with van der Waals surface area (Å²) in [5.74, 6) is 0.294. The molecule has 2 N–H and O–H groups in total. The van der Waals surface area contributed by atoms with E-state index in [0.717, 1.165) is 25.2 Å². The van der Waals surface area contributed by atoms with Crippen molar-refractivity contribution in [2.24, 2.45) is 5.92 Å². The van der Waals surface area contributed by atoms with Crippen LogP contribution >= 0.6 is 12.4 Å². The number of hydrogen-bond donors (Lipinski definition) is 2. The zero-order valence-electron chi connectivity index (χ0n) is 11.4. The molecule has 0 radical (unpaired) electrons. The van der Waals surface area contributed by atoms with Crippen LogP contribution in [0.4, 0.5) is 0 Å². The summed E-state index contributed by atoms with van der Waals surface area (Å²) in [5.41, 5.74) is 1.16. The lowest BCUT2D eigenvalue weighted by molar-refractivity contribution is -0.127. The lowest BCUT2D eigenvalue weighted by Gasteiger charge is -2.29. The molecule has 0 bridgehead atoms. The lowest BCUT2D eigenvalue weighted by Crippen LogP contribution is -2.52. The zero-order chi connectivity index (χ0) is 13.0. The molecule has 1 aliphatic rings. The van der Waals surface area contributed by atoms with Crippen molar-refractivity contribution in [2.75, 3.05) is 33.7 Å². The summed E-state index contributed by atoms with van der Waals surface area (Å²) in [6, 6.07) is 10.2. The first kappa shape index (κ1) is 16.0. The molecule has 5 heteroatoms. The quantitative estimate of drug-likeness (QED) is 0.849. The van der Waals surface area contributed by atoms with Gasteiger partial charge in [-0.1, -0.05) is 30.3 Å². The van der Waals surface area contributed by atoms with Crippen LogP contribution < -0.4 is 10.6 Å². The van der Waals surface area contributed by atoms with Crippen molar-refractivity contribution in [1.29, 1.82) is 0 Å². The minimum atomic E-state index is 0. The van der Waals surface area contributed by atoms with E-state index < -0.39 is 0 Å². The molecule has 0 spiro atoms. The molecule has 1 unspecified atom stereocenters. The van der Waals surface area contributed by atoms with E-state index in [1.165, 1.54) is 0 Å². The van der Waals surface area contributed by atoms with Crippen LogP contribution in [-0.2, 0) is 4.79 Å². The number of benzene rings is 1. The second kappa shape index (κ2) is 7.48. The van der Waals surface area contributed by atoms with Crippen LogP contribution in [0, 0.1) is 5.92 Å². The van der Waals surface area contributed by atoms with Gasteiger partial charge < -0.3 is 15.5 Å². The highest BCUT2D eigenvalue weighted by Gasteiger charge is 2.27. The molecule has 0 saturated carbocycles. The van der Waals surface area contributed by atoms with Crippen molar-refractivity contribution in [1.82, 2.24) is 15.5 Å². The first-order chi connectivity index (χ1) is 8.66. The molecular formula is C14H22ClN3O. The normalized spacial score (nSPS) is 16.4. The molecule has 106 valence electrons. The number of likely N-dealkylation sites (N-methyl/N-ethyl adjacent to an activating group) is 1. The second-order valence-corrected chi connectivity index (χ2v) is 5.09. The van der Waals surface area contributed by atoms with Crippen molar-refractivity contribution in [2.45, 2.75) is 6.04 Å². The zero-order valence-corrected chi connectivity index (χ0v) is 12.2. The highest BCUT2D eigenvalue weighted by molar-refractivity contribution is 5.85. The molecule has 1 aromatic rings. The van der Waals surface area contributed by atoms with Gasteiger partial charge in [0.25, 0.3) is 0 Å². The third-order valence-corrected chi connectivity index (χ3v) is 3.22. The number of carbonyl (C=O) groups is 1. The van der Waals surface area contributed by atoms with E-state index >= 15 is 0 Å². The molecule has 0 aromatic heterocycles. The van der Waals surface area contributed by atoms with Gasteiger partial charge in [-0.25, -0.2) is 0 Å². The minimum Gasteiger partial charge on any atom is -0.348 e. The van der Waals surface area contributed by atoms with Gasteiger partial charge in [0, 0.05) is 19.6 Å². The van der Waals surface area contributed by atoms with Crippen LogP contribution in [0.25, 0.3) is 0 Å². The predicted molar refractivity (Wildman–Crippen MR) is 79.5 cm³/mol. The van der Waals surface area contributed by atoms with Crippen molar-refractivity contribution in [3.05, 3.63) is 35.9 Å². The highest BCUT2D eigenvalue weighted by Crippen LogP contribution is 2.15. The molecule has 1 atom stereocenters. The molecule has 1 saturated heterocycles. The molecule has 1 amide bonds. The number of rotatable bonds is 5. The smallest absolute Gasteiger partial charge is 0.226 e. The maximum atomic E-state index is 12.0. The Bertz CT molecular complexity index is 393. The summed E-state index contributed by atoms with van der Waals surface area (Å²) in [7, 11) is 4.04. The maximum Gasteiger partial charge on any atom is 0.226 e. The molecule has 19 heavy (non-hydrogen) atoms. The predicted octanol–water partition coefficient (Wildman–Crippen LogP) is 1.05. The molecule has 1 fully saturated rings. The Balaban J connectivity index is 0.00000180. The van der Waals surface area contributed by atoms with E-state index in [4.69, 9.17) is 0 Å². The number of nitrogens with zero attached hydrogens (tertiary/aromatic N) is 1. The van der Waals surface area contributed by atoms with Crippen LogP contribution in [0.5, 0.6) is 0 Å². The third kappa shape index (κ3) is 4.49. The number of carbonyl (C=O) groups excluding carboxylic acids is 1. The van der Waals surface area contributed by atoms with Crippen LogP contribution in [-0.4, -0.2) is 44.5 Å². The summed E-state index contributed by atoms with van der Waals surface area (Å²) < 4.78 is 0. The van der Waals surface area contributed by atoms with E-state index in [2.05, 4.69) is 27.7 Å². The fourth-order valence-corrected chi connectivity index (χ4v) is 2.05. The average Bonchev–Trinajstić information content (AvgIpc) is 2.26. The summed E-state index contributed by atoms with van der Waals surface area (Å²) in [6.45, 7) is 2.42. The van der Waals surface area contributed by atoms with Gasteiger partial charge in [0.1, 0.15) is 0 Å². The van der Waals surface area contributed by atoms with Crippen molar-refractivity contribution in [3.63, 3.8) is 0 Å². The van der Waals surface area contributed by atoms with Gasteiger partial charge in [0.15, 0.2) is 0 Å². The Hall–Kier alpha value is -1.10. The second-order valence-electron chi connectivity index (χ2n) is 5.09. The Labute approximate surface area is 121 Å². The Morgan fingerprint density at radius 3 is 2.47 bits per heavy atom. The van der Waals surface area contributed by atoms with Crippen molar-refractivity contribution >= 4 is 18.3 Å². The fourth-order valence-electron chi connectivity index (χ4n) is 2.05. The van der Waals surface area contributed by atoms with Crippen LogP contribution in [0.1, 0.15) is 11.6 Å². The van der Waals surface area contributed by atoms with Crippen molar-refractivity contribution < 1.29 is 4.79 Å². The molecule has 1 aliphatic heterocycles. The van der Waals surface area contributed by atoms with Crippen LogP contribution in [0.15, 0.2) is 30.3 Å². The molecule has 1 aromatic carbocycles. The summed E-state index contributed by atoms with van der Waals surface area (Å²) in [6.07, 6.45) is 0. The van der Waals surface area contributed by atoms with E-state index in [9.17, 15) is 4.79 Å². The van der Waals surface area contributed by atoms with Crippen molar-refractivity contribution in [3.8, 4) is 0 Å². The average molecular weight is 284 g/mol. The monoisotopic (exact) mass is 283 g/mol. The first-order valence-corrected chi connectivity index (χ1v) is 6.37. The van der Waals surface area contributed by atoms with Crippen LogP contribution in [0.3, 0.4) is 0 Å². The molecule has 0 aliphatic carbocycles. The van der Waals surface area contributed by atoms with Gasteiger partial charge >= 0.3 is 0 Å². The van der Waals surface area contributed by atoms with Gasteiger partial charge in [-0.05, 0) is 19.7 Å². The largest absolute Gasteiger partial charge is 0.348 e. The number of halogens is 1. The van der Waals surface area contributed by atoms with Crippen LogP contribution in [0.2, 0.25) is 0 Å². The maximum absolute atomic E-state index is 12.0. The number of nitrogens with one attached hydrogen (secondary N) is 2. The lowest BCUT2D eigenvalue weighted by atomic mass is 10.0. The van der Waals surface area contributed by atoms with Gasteiger partial charge in [-0.2, -0.15) is 0 Å². The number of amides is 1. The summed E-state index contributed by atoms with van der Waals surface area (Å²) in [5, 5.41) is 6.27. The SMILES string of the molecule is CN(C)CC(NC(=O)C1CNC1)c1ccccc1.Cl. The molecule has 2 rings (SSSR count). The van der Waals surface area contributed by atoms with E-state index in [0.29, 0.717) is 0 Å². The first-order valence-electron chi connectivity index (χ1n) is 6.37. The Morgan fingerprint density at radius 2 is 2.00 bits per heavy atom. The van der Waals surface area contributed by atoms with Gasteiger partial charge in [-0.15, -0.1) is 12.4 Å². The van der Waals surface area contributed by atoms with Gasteiger partial charge in [0.2, 0.25) is 5.91 Å². The summed E-state index contributed by atoms with van der Waals surface area (Å²) in [4.78, 5) is 14.1. The summed E-state index contributed by atoms with van der Waals surface area (Å²) >= 11 is 0.